The summed E-state index contributed by atoms with van der Waals surface area (Å²) >= 11 is 18.5. The largest absolute Gasteiger partial charge is 0.340 e. The molecule has 0 amide bonds. The Morgan fingerprint density at radius 1 is 0.731 bits per heavy atom. The van der Waals surface area contributed by atoms with Gasteiger partial charge in [0.1, 0.15) is 5.82 Å². The summed E-state index contributed by atoms with van der Waals surface area (Å²) in [6.07, 6.45) is 0. The molecule has 0 saturated carbocycles. The standard InChI is InChI=1S/C20H12Cl3N3/c21-12-9-13(22)11-14(10-12)24-20-16-6-2-4-8-18(16)25-19(26-20)15-5-1-3-7-17(15)23/h1-11H,(H,24,25,26). The highest BCUT2D eigenvalue weighted by atomic mass is 35.5. The van der Waals surface area contributed by atoms with Gasteiger partial charge in [0, 0.05) is 26.7 Å². The Morgan fingerprint density at radius 2 is 1.42 bits per heavy atom. The first kappa shape index (κ1) is 17.1. The Morgan fingerprint density at radius 3 is 2.19 bits per heavy atom. The second-order valence-electron chi connectivity index (χ2n) is 5.68. The number of anilines is 2. The molecule has 6 heteroatoms. The van der Waals surface area contributed by atoms with Gasteiger partial charge < -0.3 is 5.32 Å². The molecule has 0 aliphatic carbocycles. The van der Waals surface area contributed by atoms with Crippen LogP contribution in [0.4, 0.5) is 11.5 Å². The predicted octanol–water partition coefficient (Wildman–Crippen LogP) is 7.00. The third kappa shape index (κ3) is 3.47. The van der Waals surface area contributed by atoms with E-state index in [1.54, 1.807) is 18.2 Å². The molecule has 1 aromatic heterocycles. The van der Waals surface area contributed by atoms with Gasteiger partial charge in [-0.05, 0) is 42.5 Å². The fourth-order valence-corrected chi connectivity index (χ4v) is 3.44. The summed E-state index contributed by atoms with van der Waals surface area (Å²) in [4.78, 5) is 9.35. The Hall–Kier alpha value is -2.33. The van der Waals surface area contributed by atoms with Crippen LogP contribution in [0.15, 0.2) is 66.7 Å². The zero-order valence-electron chi connectivity index (χ0n) is 13.4. The van der Waals surface area contributed by atoms with Crippen LogP contribution in [0.3, 0.4) is 0 Å². The zero-order chi connectivity index (χ0) is 18.1. The highest BCUT2D eigenvalue weighted by molar-refractivity contribution is 6.35. The molecular weight excluding hydrogens is 389 g/mol. The topological polar surface area (TPSA) is 37.8 Å². The summed E-state index contributed by atoms with van der Waals surface area (Å²) in [5.74, 6) is 1.20. The molecule has 0 aliphatic heterocycles. The van der Waals surface area contributed by atoms with E-state index < -0.39 is 0 Å². The minimum atomic E-state index is 0.546. The van der Waals surface area contributed by atoms with E-state index in [4.69, 9.17) is 39.8 Å². The van der Waals surface area contributed by atoms with Crippen LogP contribution in [0.25, 0.3) is 22.3 Å². The van der Waals surface area contributed by atoms with Gasteiger partial charge in [0.25, 0.3) is 0 Å². The van der Waals surface area contributed by atoms with E-state index in [1.165, 1.54) is 0 Å². The molecular formula is C20H12Cl3N3. The second-order valence-corrected chi connectivity index (χ2v) is 6.96. The maximum absolute atomic E-state index is 6.33. The lowest BCUT2D eigenvalue weighted by Crippen LogP contribution is -1.99. The average molecular weight is 401 g/mol. The van der Waals surface area contributed by atoms with Gasteiger partial charge in [-0.25, -0.2) is 9.97 Å². The average Bonchev–Trinajstić information content (AvgIpc) is 2.61. The smallest absolute Gasteiger partial charge is 0.163 e. The number of halogens is 3. The maximum Gasteiger partial charge on any atom is 0.163 e. The monoisotopic (exact) mass is 399 g/mol. The SMILES string of the molecule is Clc1cc(Cl)cc(Nc2nc(-c3ccccc3Cl)nc3ccccc23)c1. The predicted molar refractivity (Wildman–Crippen MR) is 110 cm³/mol. The Labute approximate surface area is 165 Å². The molecule has 0 fully saturated rings. The lowest BCUT2D eigenvalue weighted by molar-refractivity contribution is 1.22. The Kier molecular flexibility index (Phi) is 4.68. The van der Waals surface area contributed by atoms with Crippen LogP contribution < -0.4 is 5.32 Å². The van der Waals surface area contributed by atoms with Crippen molar-refractivity contribution >= 4 is 57.2 Å². The summed E-state index contributed by atoms with van der Waals surface area (Å²) in [6, 6.07) is 20.5. The van der Waals surface area contributed by atoms with Crippen LogP contribution in [0, 0.1) is 0 Å². The Balaban J connectivity index is 1.89. The lowest BCUT2D eigenvalue weighted by Gasteiger charge is -2.12. The molecule has 26 heavy (non-hydrogen) atoms. The molecule has 3 nitrogen and oxygen atoms in total. The number of nitrogens with one attached hydrogen (secondary N) is 1. The molecule has 0 bridgehead atoms. The fraction of sp³-hybridized carbons (Fsp3) is 0. The number of hydrogen-bond acceptors (Lipinski definition) is 3. The van der Waals surface area contributed by atoms with E-state index in [0.29, 0.717) is 26.7 Å². The van der Waals surface area contributed by atoms with Gasteiger partial charge in [0.2, 0.25) is 0 Å². The highest BCUT2D eigenvalue weighted by Gasteiger charge is 2.12. The summed E-state index contributed by atoms with van der Waals surface area (Å²) in [5, 5.41) is 5.87. The number of fused-ring (bicyclic) bond motifs is 1. The van der Waals surface area contributed by atoms with E-state index in [1.807, 2.05) is 48.5 Å². The van der Waals surface area contributed by atoms with Crippen molar-refractivity contribution < 1.29 is 0 Å². The number of rotatable bonds is 3. The normalized spacial score (nSPS) is 10.9. The van der Waals surface area contributed by atoms with E-state index in [2.05, 4.69) is 10.3 Å². The van der Waals surface area contributed by atoms with Crippen LogP contribution in [0.2, 0.25) is 15.1 Å². The summed E-state index contributed by atoms with van der Waals surface area (Å²) in [5.41, 5.74) is 2.33. The van der Waals surface area contributed by atoms with Crippen molar-refractivity contribution in [2.24, 2.45) is 0 Å². The lowest BCUT2D eigenvalue weighted by atomic mass is 10.1. The first-order chi connectivity index (χ1) is 12.6. The van der Waals surface area contributed by atoms with Crippen molar-refractivity contribution in [3.63, 3.8) is 0 Å². The molecule has 0 unspecified atom stereocenters. The first-order valence-electron chi connectivity index (χ1n) is 7.85. The van der Waals surface area contributed by atoms with Crippen LogP contribution >= 0.6 is 34.8 Å². The first-order valence-corrected chi connectivity index (χ1v) is 8.98. The van der Waals surface area contributed by atoms with Crippen LogP contribution in [0.1, 0.15) is 0 Å². The number of hydrogen-bond donors (Lipinski definition) is 1. The maximum atomic E-state index is 6.33. The molecule has 0 saturated heterocycles. The molecule has 0 spiro atoms. The highest BCUT2D eigenvalue weighted by Crippen LogP contribution is 2.31. The Bertz CT molecular complexity index is 1090. The number of benzene rings is 3. The van der Waals surface area contributed by atoms with Gasteiger partial charge in [0.15, 0.2) is 5.82 Å². The molecule has 128 valence electrons. The van der Waals surface area contributed by atoms with E-state index in [0.717, 1.165) is 22.2 Å². The molecule has 0 radical (unpaired) electrons. The van der Waals surface area contributed by atoms with Crippen molar-refractivity contribution in [2.45, 2.75) is 0 Å². The van der Waals surface area contributed by atoms with Gasteiger partial charge in [-0.15, -0.1) is 0 Å². The molecule has 4 rings (SSSR count). The molecule has 1 heterocycles. The number of para-hydroxylation sites is 1. The van der Waals surface area contributed by atoms with Crippen molar-refractivity contribution in [1.29, 1.82) is 0 Å². The van der Waals surface area contributed by atoms with Crippen LogP contribution in [-0.4, -0.2) is 9.97 Å². The second kappa shape index (κ2) is 7.12. The third-order valence-corrected chi connectivity index (χ3v) is 4.61. The minimum Gasteiger partial charge on any atom is -0.340 e. The van der Waals surface area contributed by atoms with Gasteiger partial charge in [-0.1, -0.05) is 59.1 Å². The fourth-order valence-electron chi connectivity index (χ4n) is 2.70. The number of nitrogens with zero attached hydrogens (tertiary/aromatic N) is 2. The zero-order valence-corrected chi connectivity index (χ0v) is 15.6. The van der Waals surface area contributed by atoms with Crippen LogP contribution in [-0.2, 0) is 0 Å². The van der Waals surface area contributed by atoms with Gasteiger partial charge in [-0.2, -0.15) is 0 Å². The van der Waals surface area contributed by atoms with Gasteiger partial charge in [-0.3, -0.25) is 0 Å². The molecule has 0 atom stereocenters. The van der Waals surface area contributed by atoms with E-state index in [9.17, 15) is 0 Å². The van der Waals surface area contributed by atoms with E-state index >= 15 is 0 Å². The summed E-state index contributed by atoms with van der Waals surface area (Å²) < 4.78 is 0. The quantitative estimate of drug-likeness (QED) is 0.402. The van der Waals surface area contributed by atoms with E-state index in [-0.39, 0.29) is 0 Å². The number of aromatic nitrogens is 2. The summed E-state index contributed by atoms with van der Waals surface area (Å²) in [7, 11) is 0. The van der Waals surface area contributed by atoms with Crippen molar-refractivity contribution in [2.75, 3.05) is 5.32 Å². The van der Waals surface area contributed by atoms with Crippen molar-refractivity contribution in [3.05, 3.63) is 81.8 Å². The van der Waals surface area contributed by atoms with Crippen molar-refractivity contribution in [1.82, 2.24) is 9.97 Å². The minimum absolute atomic E-state index is 0.546. The molecule has 1 N–H and O–H groups in total. The van der Waals surface area contributed by atoms with Gasteiger partial charge in [0.05, 0.1) is 10.5 Å². The summed E-state index contributed by atoms with van der Waals surface area (Å²) in [6.45, 7) is 0. The third-order valence-electron chi connectivity index (χ3n) is 3.84. The molecule has 4 aromatic rings. The molecule has 3 aromatic carbocycles. The van der Waals surface area contributed by atoms with Crippen molar-refractivity contribution in [3.8, 4) is 11.4 Å². The molecule has 0 aliphatic rings. The van der Waals surface area contributed by atoms with Crippen LogP contribution in [0.5, 0.6) is 0 Å². The van der Waals surface area contributed by atoms with Gasteiger partial charge >= 0.3 is 0 Å².